The number of benzene rings is 2. The summed E-state index contributed by atoms with van der Waals surface area (Å²) >= 11 is 0. The normalized spacial score (nSPS) is 26.9. The highest BCUT2D eigenvalue weighted by molar-refractivity contribution is 5.73. The van der Waals surface area contributed by atoms with Gasteiger partial charge in [-0.1, -0.05) is 37.3 Å². The fourth-order valence-corrected chi connectivity index (χ4v) is 4.22. The Hall–Kier alpha value is -2.42. The van der Waals surface area contributed by atoms with Gasteiger partial charge in [0.05, 0.1) is 12.5 Å². The van der Waals surface area contributed by atoms with Crippen molar-refractivity contribution >= 4 is 11.8 Å². The van der Waals surface area contributed by atoms with Gasteiger partial charge in [0.1, 0.15) is 0 Å². The minimum atomic E-state index is -0.549. The second-order valence-electron chi connectivity index (χ2n) is 6.77. The van der Waals surface area contributed by atoms with Crippen LogP contribution in [0.15, 0.2) is 48.5 Å². The van der Waals surface area contributed by atoms with Gasteiger partial charge in [-0.3, -0.25) is 0 Å². The second kappa shape index (κ2) is 5.04. The van der Waals surface area contributed by atoms with Crippen molar-refractivity contribution in [3.63, 3.8) is 0 Å². The number of para-hydroxylation sites is 2. The molecule has 2 aromatic rings. The fraction of sp³-hybridized carbons (Fsp3) is 0.333. The Kier molecular flexibility index (Phi) is 3.17. The van der Waals surface area contributed by atoms with Gasteiger partial charge in [0, 0.05) is 18.3 Å². The summed E-state index contributed by atoms with van der Waals surface area (Å²) in [5.74, 6) is 1.60. The smallest absolute Gasteiger partial charge is 0.212 e. The maximum atomic E-state index is 6.72. The number of fused-ring (bicyclic) bond motifs is 2. The third kappa shape index (κ3) is 1.67. The molecule has 2 atom stereocenters. The Labute approximate surface area is 143 Å². The molecular weight excluding hydrogens is 298 g/mol. The third-order valence-electron chi connectivity index (χ3n) is 5.83. The van der Waals surface area contributed by atoms with Crippen LogP contribution in [0.3, 0.4) is 0 Å². The minimum Gasteiger partial charge on any atom is -0.493 e. The molecule has 0 saturated heterocycles. The molecule has 2 aromatic carbocycles. The standard InChI is InChI=1S/C21H23NO2/c1-5-20(2)16-10-6-7-11-17(16)22(3)21(20)14-13-15-9-8-12-18(23-4)19(15)24-21/h6-14H,5H2,1-4H3. The van der Waals surface area contributed by atoms with Crippen LogP contribution in [0.4, 0.5) is 5.69 Å². The lowest BCUT2D eigenvalue weighted by atomic mass is 9.72. The molecule has 0 amide bonds. The Morgan fingerprint density at radius 1 is 1.12 bits per heavy atom. The van der Waals surface area contributed by atoms with E-state index in [-0.39, 0.29) is 5.41 Å². The van der Waals surface area contributed by atoms with Gasteiger partial charge in [-0.2, -0.15) is 0 Å². The number of hydrogen-bond donors (Lipinski definition) is 0. The Morgan fingerprint density at radius 2 is 1.92 bits per heavy atom. The molecule has 124 valence electrons. The molecule has 2 unspecified atom stereocenters. The predicted octanol–water partition coefficient (Wildman–Crippen LogP) is 4.61. The van der Waals surface area contributed by atoms with Crippen molar-refractivity contribution in [3.05, 3.63) is 59.7 Å². The number of methoxy groups -OCH3 is 1. The molecule has 2 heterocycles. The molecule has 0 fully saturated rings. The summed E-state index contributed by atoms with van der Waals surface area (Å²) in [5.41, 5.74) is 2.92. The molecule has 2 aliphatic heterocycles. The first-order chi connectivity index (χ1) is 11.6. The Balaban J connectivity index is 1.93. The molecule has 24 heavy (non-hydrogen) atoms. The molecule has 0 saturated carbocycles. The topological polar surface area (TPSA) is 21.7 Å². The van der Waals surface area contributed by atoms with Crippen LogP contribution in [-0.2, 0) is 5.41 Å². The summed E-state index contributed by atoms with van der Waals surface area (Å²) < 4.78 is 12.3. The van der Waals surface area contributed by atoms with Crippen LogP contribution >= 0.6 is 0 Å². The van der Waals surface area contributed by atoms with E-state index in [1.807, 2.05) is 12.1 Å². The Bertz CT molecular complexity index is 828. The summed E-state index contributed by atoms with van der Waals surface area (Å²) in [6.07, 6.45) is 5.35. The van der Waals surface area contributed by atoms with E-state index in [4.69, 9.17) is 9.47 Å². The average molecular weight is 321 g/mol. The third-order valence-corrected chi connectivity index (χ3v) is 5.83. The van der Waals surface area contributed by atoms with E-state index in [2.05, 4.69) is 68.3 Å². The zero-order valence-corrected chi connectivity index (χ0v) is 14.7. The van der Waals surface area contributed by atoms with E-state index in [0.29, 0.717) is 0 Å². The predicted molar refractivity (Wildman–Crippen MR) is 97.9 cm³/mol. The SMILES string of the molecule is CCC1(C)c2ccccc2N(C)C12C=Cc1cccc(OC)c1O2. The number of nitrogens with zero attached hydrogens (tertiary/aromatic N) is 1. The lowest BCUT2D eigenvalue weighted by molar-refractivity contribution is 0.0441. The van der Waals surface area contributed by atoms with Crippen LogP contribution in [0, 0.1) is 0 Å². The quantitative estimate of drug-likeness (QED) is 0.806. The van der Waals surface area contributed by atoms with Crippen LogP contribution in [0.5, 0.6) is 11.5 Å². The highest BCUT2D eigenvalue weighted by atomic mass is 16.5. The van der Waals surface area contributed by atoms with Crippen LogP contribution in [0.25, 0.3) is 6.08 Å². The van der Waals surface area contributed by atoms with Gasteiger partial charge in [0.2, 0.25) is 5.72 Å². The number of rotatable bonds is 2. The first-order valence-corrected chi connectivity index (χ1v) is 8.46. The number of likely N-dealkylation sites (N-methyl/N-ethyl adjacent to an activating group) is 1. The van der Waals surface area contributed by atoms with Gasteiger partial charge in [-0.05, 0) is 43.2 Å². The molecule has 3 heteroatoms. The molecule has 0 aromatic heterocycles. The molecule has 0 bridgehead atoms. The van der Waals surface area contributed by atoms with E-state index in [9.17, 15) is 0 Å². The van der Waals surface area contributed by atoms with Crippen molar-refractivity contribution in [1.29, 1.82) is 0 Å². The summed E-state index contributed by atoms with van der Waals surface area (Å²) in [5, 5.41) is 0. The van der Waals surface area contributed by atoms with Gasteiger partial charge in [-0.15, -0.1) is 0 Å². The molecule has 0 N–H and O–H groups in total. The van der Waals surface area contributed by atoms with E-state index in [0.717, 1.165) is 23.5 Å². The maximum absolute atomic E-state index is 6.72. The van der Waals surface area contributed by atoms with Crippen molar-refractivity contribution in [3.8, 4) is 11.5 Å². The number of hydrogen-bond acceptors (Lipinski definition) is 3. The molecular formula is C21H23NO2. The van der Waals surface area contributed by atoms with Gasteiger partial charge < -0.3 is 14.4 Å². The van der Waals surface area contributed by atoms with Crippen molar-refractivity contribution < 1.29 is 9.47 Å². The molecule has 0 radical (unpaired) electrons. The van der Waals surface area contributed by atoms with Crippen molar-refractivity contribution in [2.24, 2.45) is 0 Å². The van der Waals surface area contributed by atoms with E-state index >= 15 is 0 Å². The van der Waals surface area contributed by atoms with E-state index in [1.165, 1.54) is 11.3 Å². The summed E-state index contributed by atoms with van der Waals surface area (Å²) in [4.78, 5) is 2.26. The largest absolute Gasteiger partial charge is 0.493 e. The number of anilines is 1. The lowest BCUT2D eigenvalue weighted by Crippen LogP contribution is -2.59. The van der Waals surface area contributed by atoms with Crippen LogP contribution in [-0.4, -0.2) is 19.9 Å². The Morgan fingerprint density at radius 3 is 2.67 bits per heavy atom. The highest BCUT2D eigenvalue weighted by Gasteiger charge is 2.59. The minimum absolute atomic E-state index is 0.145. The van der Waals surface area contributed by atoms with Crippen LogP contribution < -0.4 is 14.4 Å². The molecule has 2 aliphatic rings. The average Bonchev–Trinajstić information content (AvgIpc) is 2.81. The molecule has 1 spiro atoms. The summed E-state index contributed by atoms with van der Waals surface area (Å²) in [6.45, 7) is 4.52. The van der Waals surface area contributed by atoms with Crippen molar-refractivity contribution in [1.82, 2.24) is 0 Å². The zero-order chi connectivity index (χ0) is 16.9. The van der Waals surface area contributed by atoms with Gasteiger partial charge in [0.25, 0.3) is 0 Å². The van der Waals surface area contributed by atoms with E-state index < -0.39 is 5.72 Å². The first kappa shape index (κ1) is 15.1. The van der Waals surface area contributed by atoms with Crippen molar-refractivity contribution in [2.75, 3.05) is 19.1 Å². The lowest BCUT2D eigenvalue weighted by Gasteiger charge is -2.47. The van der Waals surface area contributed by atoms with Gasteiger partial charge in [-0.25, -0.2) is 0 Å². The zero-order valence-electron chi connectivity index (χ0n) is 14.7. The van der Waals surface area contributed by atoms with Crippen LogP contribution in [0.1, 0.15) is 31.4 Å². The second-order valence-corrected chi connectivity index (χ2v) is 6.77. The van der Waals surface area contributed by atoms with Crippen LogP contribution in [0.2, 0.25) is 0 Å². The number of ether oxygens (including phenoxy) is 2. The highest BCUT2D eigenvalue weighted by Crippen LogP contribution is 2.56. The first-order valence-electron chi connectivity index (χ1n) is 8.46. The van der Waals surface area contributed by atoms with Gasteiger partial charge in [0.15, 0.2) is 11.5 Å². The van der Waals surface area contributed by atoms with Gasteiger partial charge >= 0.3 is 0 Å². The van der Waals surface area contributed by atoms with E-state index in [1.54, 1.807) is 7.11 Å². The maximum Gasteiger partial charge on any atom is 0.212 e. The molecule has 4 rings (SSSR count). The summed E-state index contributed by atoms with van der Waals surface area (Å²) in [6, 6.07) is 14.6. The summed E-state index contributed by atoms with van der Waals surface area (Å²) in [7, 11) is 3.81. The monoisotopic (exact) mass is 321 g/mol. The fourth-order valence-electron chi connectivity index (χ4n) is 4.22. The van der Waals surface area contributed by atoms with Crippen molar-refractivity contribution in [2.45, 2.75) is 31.4 Å². The molecule has 3 nitrogen and oxygen atoms in total. The molecule has 0 aliphatic carbocycles.